The van der Waals surface area contributed by atoms with Gasteiger partial charge in [-0.05, 0) is 31.0 Å². The molecule has 2 bridgehead atoms. The fourth-order valence-corrected chi connectivity index (χ4v) is 4.49. The number of hydrogen-bond acceptors (Lipinski definition) is 5. The molecule has 0 N–H and O–H groups in total. The molecule has 0 aromatic heterocycles. The van der Waals surface area contributed by atoms with E-state index in [0.29, 0.717) is 13.2 Å². The summed E-state index contributed by atoms with van der Waals surface area (Å²) in [5.74, 6) is -0.647. The third-order valence-corrected chi connectivity index (χ3v) is 5.92. The van der Waals surface area contributed by atoms with Gasteiger partial charge in [-0.25, -0.2) is 0 Å². The summed E-state index contributed by atoms with van der Waals surface area (Å²) >= 11 is 0. The van der Waals surface area contributed by atoms with Crippen molar-refractivity contribution in [3.63, 3.8) is 0 Å². The number of carbonyl (C=O) groups is 2. The zero-order valence-corrected chi connectivity index (χ0v) is 15.9. The van der Waals surface area contributed by atoms with Gasteiger partial charge in [0.1, 0.15) is 17.3 Å². The summed E-state index contributed by atoms with van der Waals surface area (Å²) in [7, 11) is 1.63. The lowest BCUT2D eigenvalue weighted by Crippen LogP contribution is -2.40. The Bertz CT molecular complexity index is 773. The van der Waals surface area contributed by atoms with Crippen LogP contribution in [0.25, 0.3) is 0 Å². The first-order valence-electron chi connectivity index (χ1n) is 9.49. The Morgan fingerprint density at radius 3 is 2.78 bits per heavy atom. The smallest absolute Gasteiger partial charge is 0.312 e. The van der Waals surface area contributed by atoms with Crippen molar-refractivity contribution in [2.24, 2.45) is 11.8 Å². The van der Waals surface area contributed by atoms with Crippen LogP contribution in [0, 0.1) is 11.8 Å². The van der Waals surface area contributed by atoms with Crippen LogP contribution in [0.3, 0.4) is 0 Å². The lowest BCUT2D eigenvalue weighted by Gasteiger charge is -2.27. The zero-order valence-electron chi connectivity index (χ0n) is 15.9. The lowest BCUT2D eigenvalue weighted by atomic mass is 9.77. The summed E-state index contributed by atoms with van der Waals surface area (Å²) in [5, 5.41) is 0. The average molecular weight is 371 g/mol. The first-order valence-corrected chi connectivity index (χ1v) is 9.49. The number of nitrogens with zero attached hydrogens (tertiary/aromatic N) is 1. The first-order chi connectivity index (χ1) is 13.0. The summed E-state index contributed by atoms with van der Waals surface area (Å²) in [6.07, 6.45) is 4.26. The van der Waals surface area contributed by atoms with E-state index in [9.17, 15) is 9.59 Å². The van der Waals surface area contributed by atoms with E-state index in [0.717, 1.165) is 17.7 Å². The van der Waals surface area contributed by atoms with Crippen LogP contribution in [-0.4, -0.2) is 48.7 Å². The number of rotatable bonds is 6. The highest BCUT2D eigenvalue weighted by molar-refractivity contribution is 5.91. The number of ether oxygens (including phenoxy) is 3. The number of benzene rings is 1. The molecule has 1 amide bonds. The number of amides is 1. The normalized spacial score (nSPS) is 31.9. The molecule has 3 aliphatic rings. The molecule has 2 fully saturated rings. The van der Waals surface area contributed by atoms with Crippen molar-refractivity contribution in [1.82, 2.24) is 4.90 Å². The van der Waals surface area contributed by atoms with Gasteiger partial charge in [0.25, 0.3) is 0 Å². The summed E-state index contributed by atoms with van der Waals surface area (Å²) in [6, 6.07) is 7.58. The van der Waals surface area contributed by atoms with Crippen molar-refractivity contribution in [3.05, 3.63) is 42.0 Å². The van der Waals surface area contributed by atoms with Crippen molar-refractivity contribution in [2.75, 3.05) is 20.3 Å². The fourth-order valence-electron chi connectivity index (χ4n) is 4.49. The molecular formula is C21H25NO5. The second kappa shape index (κ2) is 6.68. The quantitative estimate of drug-likeness (QED) is 0.568. The van der Waals surface area contributed by atoms with Gasteiger partial charge in [-0.2, -0.15) is 0 Å². The highest BCUT2D eigenvalue weighted by atomic mass is 16.6. The van der Waals surface area contributed by atoms with E-state index < -0.39 is 17.4 Å². The van der Waals surface area contributed by atoms with Gasteiger partial charge in [-0.1, -0.05) is 31.2 Å². The molecule has 144 valence electrons. The standard InChI is InChI=1S/C21H25NO5/c1-4-11-26-20(24)17-16-9-10-21(27-16)12-22(19(23)18(17)21)13(2)14-5-7-15(25-3)8-6-14/h5-10,13,16-18H,4,11-12H2,1-3H3/t13-,16+,17+,18+,21-/m0/s1. The molecule has 5 atom stereocenters. The summed E-state index contributed by atoms with van der Waals surface area (Å²) in [6.45, 7) is 4.77. The number of likely N-dealkylation sites (tertiary alicyclic amines) is 1. The monoisotopic (exact) mass is 371 g/mol. The number of fused-ring (bicyclic) bond motifs is 1. The molecule has 0 saturated carbocycles. The Hall–Kier alpha value is -2.34. The maximum Gasteiger partial charge on any atom is 0.312 e. The van der Waals surface area contributed by atoms with Crippen molar-refractivity contribution >= 4 is 11.9 Å². The average Bonchev–Trinajstić information content (AvgIpc) is 3.34. The van der Waals surface area contributed by atoms with Gasteiger partial charge in [0.15, 0.2) is 0 Å². The molecule has 0 radical (unpaired) electrons. The minimum atomic E-state index is -0.710. The zero-order chi connectivity index (χ0) is 19.2. The lowest BCUT2D eigenvalue weighted by molar-refractivity contribution is -0.154. The van der Waals surface area contributed by atoms with Crippen molar-refractivity contribution < 1.29 is 23.8 Å². The van der Waals surface area contributed by atoms with Crippen LogP contribution in [0.5, 0.6) is 5.75 Å². The van der Waals surface area contributed by atoms with Crippen LogP contribution in [0.4, 0.5) is 0 Å². The third-order valence-electron chi connectivity index (χ3n) is 5.92. The van der Waals surface area contributed by atoms with Crippen LogP contribution >= 0.6 is 0 Å². The number of methoxy groups -OCH3 is 1. The largest absolute Gasteiger partial charge is 0.497 e. The van der Waals surface area contributed by atoms with Crippen molar-refractivity contribution in [1.29, 1.82) is 0 Å². The van der Waals surface area contributed by atoms with Gasteiger partial charge >= 0.3 is 5.97 Å². The van der Waals surface area contributed by atoms with E-state index in [4.69, 9.17) is 14.2 Å². The number of carbonyl (C=O) groups excluding carboxylic acids is 2. The van der Waals surface area contributed by atoms with Crippen LogP contribution in [0.15, 0.2) is 36.4 Å². The van der Waals surface area contributed by atoms with Gasteiger partial charge in [0, 0.05) is 0 Å². The predicted octanol–water partition coefficient (Wildman–Crippen LogP) is 2.49. The fraction of sp³-hybridized carbons (Fsp3) is 0.524. The Morgan fingerprint density at radius 1 is 1.37 bits per heavy atom. The summed E-state index contributed by atoms with van der Waals surface area (Å²) in [5.41, 5.74) is 0.308. The van der Waals surface area contributed by atoms with Gasteiger partial charge in [-0.15, -0.1) is 0 Å². The van der Waals surface area contributed by atoms with E-state index in [1.165, 1.54) is 0 Å². The Morgan fingerprint density at radius 2 is 2.11 bits per heavy atom. The minimum absolute atomic E-state index is 0.0383. The van der Waals surface area contributed by atoms with E-state index >= 15 is 0 Å². The van der Waals surface area contributed by atoms with Crippen LogP contribution < -0.4 is 4.74 Å². The minimum Gasteiger partial charge on any atom is -0.497 e. The van der Waals surface area contributed by atoms with E-state index in [2.05, 4.69) is 0 Å². The molecule has 1 aromatic carbocycles. The highest BCUT2D eigenvalue weighted by Crippen LogP contribution is 2.53. The van der Waals surface area contributed by atoms with Crippen molar-refractivity contribution in [3.8, 4) is 5.75 Å². The maximum absolute atomic E-state index is 13.3. The topological polar surface area (TPSA) is 65.1 Å². The van der Waals surface area contributed by atoms with Gasteiger partial charge < -0.3 is 19.1 Å². The molecule has 6 nitrogen and oxygen atoms in total. The summed E-state index contributed by atoms with van der Waals surface area (Å²) in [4.78, 5) is 27.7. The van der Waals surface area contributed by atoms with Crippen LogP contribution in [0.2, 0.25) is 0 Å². The van der Waals surface area contributed by atoms with E-state index in [1.54, 1.807) is 7.11 Å². The van der Waals surface area contributed by atoms with Gasteiger partial charge in [0.2, 0.25) is 5.91 Å². The second-order valence-electron chi connectivity index (χ2n) is 7.48. The third kappa shape index (κ3) is 2.74. The second-order valence-corrected chi connectivity index (χ2v) is 7.48. The molecule has 0 aliphatic carbocycles. The first kappa shape index (κ1) is 18.0. The van der Waals surface area contributed by atoms with Crippen LogP contribution in [0.1, 0.15) is 31.9 Å². The Labute approximate surface area is 159 Å². The molecule has 3 aliphatic heterocycles. The van der Waals surface area contributed by atoms with Crippen molar-refractivity contribution in [2.45, 2.75) is 38.0 Å². The molecule has 3 heterocycles. The molecular weight excluding hydrogens is 346 g/mol. The van der Waals surface area contributed by atoms with Gasteiger partial charge in [0.05, 0.1) is 38.3 Å². The predicted molar refractivity (Wildman–Crippen MR) is 98.1 cm³/mol. The molecule has 1 aromatic rings. The highest BCUT2D eigenvalue weighted by Gasteiger charge is 2.67. The van der Waals surface area contributed by atoms with Gasteiger partial charge in [-0.3, -0.25) is 9.59 Å². The molecule has 1 spiro atoms. The van der Waals surface area contributed by atoms with Crippen LogP contribution in [-0.2, 0) is 19.1 Å². The van der Waals surface area contributed by atoms with E-state index in [1.807, 2.05) is 55.2 Å². The summed E-state index contributed by atoms with van der Waals surface area (Å²) < 4.78 is 16.7. The molecule has 6 heteroatoms. The number of esters is 1. The Kier molecular flexibility index (Phi) is 4.46. The Balaban J connectivity index is 1.57. The molecule has 0 unspecified atom stereocenters. The molecule has 4 rings (SSSR count). The maximum atomic E-state index is 13.3. The molecule has 2 saturated heterocycles. The molecule has 27 heavy (non-hydrogen) atoms. The SMILES string of the molecule is CCCOC(=O)[C@@H]1[C@H]2C=C[C@@]3(CN([C@@H](C)c4ccc(OC)cc4)C(=O)[C@@H]13)O2. The number of hydrogen-bond donors (Lipinski definition) is 0. The van der Waals surface area contributed by atoms with E-state index in [-0.39, 0.29) is 24.0 Å².